The molecule has 0 bridgehead atoms. The number of amides is 1. The Morgan fingerprint density at radius 1 is 1.30 bits per heavy atom. The van der Waals surface area contributed by atoms with Gasteiger partial charge in [-0.05, 0) is 51.0 Å². The molecule has 0 aliphatic carbocycles. The molecule has 1 N–H and O–H groups in total. The summed E-state index contributed by atoms with van der Waals surface area (Å²) >= 11 is 1.48. The zero-order valence-electron chi connectivity index (χ0n) is 17.4. The first-order valence-corrected chi connectivity index (χ1v) is 11.6. The molecular weight excluding hydrogens is 398 g/mol. The highest BCUT2D eigenvalue weighted by Gasteiger charge is 2.31. The Balaban J connectivity index is 1.52. The Kier molecular flexibility index (Phi) is 4.99. The number of likely N-dealkylation sites (tertiary alicyclic amines) is 1. The third-order valence-electron chi connectivity index (χ3n) is 6.40. The summed E-state index contributed by atoms with van der Waals surface area (Å²) in [6, 6.07) is 6.12. The predicted octanol–water partition coefficient (Wildman–Crippen LogP) is 3.22. The maximum absolute atomic E-state index is 13.1. The number of hydrogen-bond acceptors (Lipinski definition) is 5. The largest absolute Gasteiger partial charge is 0.329 e. The molecule has 3 aromatic rings. The first-order valence-electron chi connectivity index (χ1n) is 10.7. The molecule has 1 atom stereocenters. The van der Waals surface area contributed by atoms with Crippen LogP contribution in [0.4, 0.5) is 0 Å². The van der Waals surface area contributed by atoms with E-state index in [9.17, 15) is 9.59 Å². The van der Waals surface area contributed by atoms with Crippen molar-refractivity contribution in [1.82, 2.24) is 24.4 Å². The molecular formula is C22H27N5O2S. The highest BCUT2D eigenvalue weighted by molar-refractivity contribution is 7.12. The van der Waals surface area contributed by atoms with E-state index in [1.165, 1.54) is 11.3 Å². The Bertz CT molecular complexity index is 1130. The van der Waals surface area contributed by atoms with Crippen molar-refractivity contribution < 1.29 is 4.79 Å². The monoisotopic (exact) mass is 425 g/mol. The second kappa shape index (κ2) is 7.67. The number of nitrogens with zero attached hydrogens (tertiary/aromatic N) is 4. The molecule has 30 heavy (non-hydrogen) atoms. The van der Waals surface area contributed by atoms with Crippen molar-refractivity contribution in [2.75, 3.05) is 13.1 Å². The molecule has 5 rings (SSSR count). The van der Waals surface area contributed by atoms with Crippen molar-refractivity contribution in [2.24, 2.45) is 0 Å². The molecule has 0 spiro atoms. The number of aromatic nitrogens is 3. The van der Waals surface area contributed by atoms with Crippen molar-refractivity contribution in [3.8, 4) is 0 Å². The molecule has 158 valence electrons. The summed E-state index contributed by atoms with van der Waals surface area (Å²) in [5, 5.41) is 5.22. The first kappa shape index (κ1) is 19.5. The molecule has 0 saturated carbocycles. The summed E-state index contributed by atoms with van der Waals surface area (Å²) in [6.07, 6.45) is 3.68. The van der Waals surface area contributed by atoms with Crippen LogP contribution in [0.3, 0.4) is 0 Å². The Hall–Kier alpha value is -2.45. The van der Waals surface area contributed by atoms with Crippen molar-refractivity contribution in [3.63, 3.8) is 0 Å². The van der Waals surface area contributed by atoms with Crippen LogP contribution < -0.4 is 5.56 Å². The summed E-state index contributed by atoms with van der Waals surface area (Å²) < 4.78 is 1.57. The molecule has 0 radical (unpaired) electrons. The maximum atomic E-state index is 13.1. The number of fused-ring (bicyclic) bond motifs is 2. The van der Waals surface area contributed by atoms with Gasteiger partial charge in [-0.15, -0.1) is 11.3 Å². The van der Waals surface area contributed by atoms with Gasteiger partial charge >= 0.3 is 0 Å². The van der Waals surface area contributed by atoms with Crippen LogP contribution in [-0.2, 0) is 13.0 Å². The highest BCUT2D eigenvalue weighted by Crippen LogP contribution is 2.32. The molecule has 2 aliphatic heterocycles. The molecule has 1 amide bonds. The zero-order chi connectivity index (χ0) is 20.8. The molecule has 3 aromatic heterocycles. The number of thiophene rings is 1. The van der Waals surface area contributed by atoms with Crippen molar-refractivity contribution in [3.05, 3.63) is 55.8 Å². The molecule has 0 aromatic carbocycles. The first-order chi connectivity index (χ1) is 14.5. The van der Waals surface area contributed by atoms with Crippen molar-refractivity contribution >= 4 is 22.9 Å². The van der Waals surface area contributed by atoms with Crippen LogP contribution in [0.25, 0.3) is 5.65 Å². The van der Waals surface area contributed by atoms with Gasteiger partial charge in [0.2, 0.25) is 0 Å². The van der Waals surface area contributed by atoms with Gasteiger partial charge in [0, 0.05) is 37.3 Å². The third kappa shape index (κ3) is 3.28. The highest BCUT2D eigenvalue weighted by atomic mass is 32.1. The van der Waals surface area contributed by atoms with Gasteiger partial charge in [0.1, 0.15) is 0 Å². The van der Waals surface area contributed by atoms with Crippen LogP contribution in [0.15, 0.2) is 28.4 Å². The summed E-state index contributed by atoms with van der Waals surface area (Å²) in [5.41, 5.74) is 3.24. The lowest BCUT2D eigenvalue weighted by Crippen LogP contribution is -2.40. The number of rotatable bonds is 3. The number of nitrogens with one attached hydrogen (secondary N) is 1. The molecule has 5 heterocycles. The minimum Gasteiger partial charge on any atom is -0.329 e. The Labute approximate surface area is 179 Å². The molecule has 1 fully saturated rings. The van der Waals surface area contributed by atoms with E-state index in [-0.39, 0.29) is 17.5 Å². The zero-order valence-corrected chi connectivity index (χ0v) is 18.2. The topological polar surface area (TPSA) is 73.7 Å². The second-order valence-electron chi connectivity index (χ2n) is 8.55. The minimum absolute atomic E-state index is 0.00315. The molecule has 2 aliphatic rings. The quantitative estimate of drug-likeness (QED) is 0.699. The average Bonchev–Trinajstić information content (AvgIpc) is 3.43. The van der Waals surface area contributed by atoms with Gasteiger partial charge in [0.25, 0.3) is 11.5 Å². The van der Waals surface area contributed by atoms with E-state index >= 15 is 0 Å². The number of aromatic amines is 1. The van der Waals surface area contributed by atoms with Crippen LogP contribution in [0.2, 0.25) is 0 Å². The van der Waals surface area contributed by atoms with Crippen LogP contribution in [0.1, 0.15) is 65.8 Å². The van der Waals surface area contributed by atoms with E-state index in [2.05, 4.69) is 23.8 Å². The van der Waals surface area contributed by atoms with Gasteiger partial charge in [-0.1, -0.05) is 6.07 Å². The standard InChI is InChI=1S/C22H27N5O2S/c1-14(2)25-10-8-15-17(13-25)23-20-12-16(24-27(20)21(15)28)18-6-3-4-9-26(18)22(29)19-7-5-11-30-19/h5,7,11-12,14,18,24H,3-4,6,8-10,13H2,1-2H3. The molecule has 1 unspecified atom stereocenters. The van der Waals surface area contributed by atoms with Crippen LogP contribution in [0.5, 0.6) is 0 Å². The predicted molar refractivity (Wildman–Crippen MR) is 117 cm³/mol. The lowest BCUT2D eigenvalue weighted by atomic mass is 9.99. The minimum atomic E-state index is -0.0568. The number of H-pyrrole nitrogens is 1. The third-order valence-corrected chi connectivity index (χ3v) is 7.26. The lowest BCUT2D eigenvalue weighted by Gasteiger charge is -2.34. The van der Waals surface area contributed by atoms with E-state index in [4.69, 9.17) is 4.98 Å². The SMILES string of the molecule is CC(C)N1CCc2c(nc3cc(C4CCCCN4C(=O)c4cccs4)[nH]n3c2=O)C1. The van der Waals surface area contributed by atoms with Gasteiger partial charge in [0.05, 0.1) is 22.3 Å². The number of carbonyl (C=O) groups excluding carboxylic acids is 1. The smallest absolute Gasteiger partial charge is 0.276 e. The fourth-order valence-corrected chi connectivity index (χ4v) is 5.36. The van der Waals surface area contributed by atoms with E-state index in [0.717, 1.165) is 60.6 Å². The van der Waals surface area contributed by atoms with E-state index in [0.29, 0.717) is 18.2 Å². The summed E-state index contributed by atoms with van der Waals surface area (Å²) in [5.74, 6) is 0.0699. The van der Waals surface area contributed by atoms with E-state index < -0.39 is 0 Å². The lowest BCUT2D eigenvalue weighted by molar-refractivity contribution is 0.0611. The number of piperidine rings is 1. The summed E-state index contributed by atoms with van der Waals surface area (Å²) in [6.45, 7) is 6.68. The van der Waals surface area contributed by atoms with Gasteiger partial charge in [-0.2, -0.15) is 0 Å². The number of hydrogen-bond donors (Lipinski definition) is 1. The van der Waals surface area contributed by atoms with Gasteiger partial charge in [-0.25, -0.2) is 9.50 Å². The normalized spacial score (nSPS) is 20.1. The fraction of sp³-hybridized carbons (Fsp3) is 0.500. The summed E-state index contributed by atoms with van der Waals surface area (Å²) in [7, 11) is 0. The fourth-order valence-electron chi connectivity index (χ4n) is 4.68. The Morgan fingerprint density at radius 2 is 2.17 bits per heavy atom. The van der Waals surface area contributed by atoms with Crippen LogP contribution in [-0.4, -0.2) is 49.4 Å². The summed E-state index contributed by atoms with van der Waals surface area (Å²) in [4.78, 5) is 36.1. The van der Waals surface area contributed by atoms with Gasteiger partial charge in [-0.3, -0.25) is 19.6 Å². The van der Waals surface area contributed by atoms with Crippen molar-refractivity contribution in [2.45, 2.75) is 58.2 Å². The van der Waals surface area contributed by atoms with E-state index in [1.54, 1.807) is 4.52 Å². The molecule has 8 heteroatoms. The molecule has 1 saturated heterocycles. The second-order valence-corrected chi connectivity index (χ2v) is 9.50. The maximum Gasteiger partial charge on any atom is 0.276 e. The Morgan fingerprint density at radius 3 is 2.93 bits per heavy atom. The van der Waals surface area contributed by atoms with Crippen LogP contribution in [0, 0.1) is 0 Å². The van der Waals surface area contributed by atoms with Gasteiger partial charge < -0.3 is 4.90 Å². The van der Waals surface area contributed by atoms with E-state index in [1.807, 2.05) is 28.5 Å². The van der Waals surface area contributed by atoms with Crippen molar-refractivity contribution in [1.29, 1.82) is 0 Å². The van der Waals surface area contributed by atoms with Crippen LogP contribution >= 0.6 is 11.3 Å². The number of carbonyl (C=O) groups is 1. The average molecular weight is 426 g/mol. The van der Waals surface area contributed by atoms with Gasteiger partial charge in [0.15, 0.2) is 5.65 Å². The molecule has 7 nitrogen and oxygen atoms in total.